The minimum atomic E-state index is -1.35. The van der Waals surface area contributed by atoms with E-state index in [1.165, 1.54) is 122 Å². The second-order valence-electron chi connectivity index (χ2n) is 27.5. The molecular formula is C96H83N21O25S. The van der Waals surface area contributed by atoms with E-state index in [1.807, 2.05) is 36.4 Å². The number of hydrogen-bond donors (Lipinski definition) is 12. The molecule has 12 N–H and O–H groups in total. The number of carboxylic acid groups (broad SMARTS) is 1. The number of rotatable bonds is 14. The number of ketones is 4. The van der Waals surface area contributed by atoms with Crippen molar-refractivity contribution < 1.29 is 102 Å². The fraction of sp³-hybridized carbons (Fsp3) is 0.125. The number of hydrazine groups is 1. The molecule has 0 aliphatic heterocycles. The summed E-state index contributed by atoms with van der Waals surface area (Å²) in [5.74, 6) is 9.65. The first-order valence-corrected chi connectivity index (χ1v) is 41.2. The van der Waals surface area contributed by atoms with Crippen LogP contribution in [0.3, 0.4) is 0 Å². The van der Waals surface area contributed by atoms with Crippen molar-refractivity contribution in [3.8, 4) is 112 Å². The molecule has 46 nitrogen and oxygen atoms in total. The zero-order valence-corrected chi connectivity index (χ0v) is 77.9. The van der Waals surface area contributed by atoms with Crippen molar-refractivity contribution in [2.24, 2.45) is 0 Å². The summed E-state index contributed by atoms with van der Waals surface area (Å²) in [6.45, 7) is 5.36. The highest BCUT2D eigenvalue weighted by molar-refractivity contribution is 7.51. The van der Waals surface area contributed by atoms with Gasteiger partial charge in [-0.25, -0.2) is 69.8 Å². The number of H-pyrrole nitrogens is 4. The lowest BCUT2D eigenvalue weighted by atomic mass is 10.2. The molecule has 18 rings (SSSR count). The number of methoxy groups -OCH3 is 7. The second-order valence-corrected chi connectivity index (χ2v) is 27.7. The third kappa shape index (κ3) is 27.9. The summed E-state index contributed by atoms with van der Waals surface area (Å²) in [5, 5.41) is 81.3. The molecule has 47 heteroatoms. The quantitative estimate of drug-likeness (QED) is 0.0158. The molecule has 0 unspecified atom stereocenters. The standard InChI is InChI=1S/C11H12N4O2.C11H9N3O2.C10H10N2O3.2C10H8N2O3.C10H10N2O2.C10H8N2O2.C9H6N2O4.C9H8N2O2.C6H2.O2S.H2/c1-6(16)10-13-9-7(4-3-5-8(9)17)11(14-10)15-12-2;1-15-8-5-3-4-7-10(8)13-9(6-12)14-11(7)16-2;1-14-8-5-3-4-7-9(8)12(13)6-11-10(7)15-2;2*1-5(13)9-11-8-6(10(15)12-9)3-2-4-7(8)14;1-13-8-5-3-4-7-9(8)11-6-12-10(7)14-2;1-6(13)10-11-5-7-3-2-4-8(14)9(7)12-10;12-5-3-1-2-4-6(5)10-7(9(14)15)11-8(4)13;1-13-7-4-2-3-6-8(7)10-5-11-9(6)12;1-3-5-6-4-2;1-3-2;/h3-5,12,17H,1-2H3,(H,13,14,15);3-5H,1-2H3;3-6H,1-2H3;2*2-4,14H,1H3,(H,11,12,15);3-6H,1-2H3;2-5,14H,1H3;1-3,12H,(H,14,15)(H,10,11,13);2-5H,1H3,(H,10,11,12);1-2H;;1H. The van der Waals surface area contributed by atoms with E-state index in [4.69, 9.17) is 64.8 Å². The Labute approximate surface area is 810 Å². The molecule has 9 aromatic heterocycles. The molecule has 0 amide bonds. The second kappa shape index (κ2) is 52.4. The number of aromatic amines is 4. The van der Waals surface area contributed by atoms with E-state index in [2.05, 4.69) is 119 Å². The Hall–Kier alpha value is -20.5. The number of carbonyl (C=O) groups is 5. The molecule has 0 bridgehead atoms. The molecule has 0 saturated heterocycles. The van der Waals surface area contributed by atoms with Gasteiger partial charge in [-0.15, -0.1) is 12.8 Å². The third-order valence-corrected chi connectivity index (χ3v) is 18.6. The highest BCUT2D eigenvalue weighted by Crippen LogP contribution is 2.33. The number of terminal acetylenes is 2. The zero-order valence-electron chi connectivity index (χ0n) is 77.1. The molecule has 0 saturated carbocycles. The summed E-state index contributed by atoms with van der Waals surface area (Å²) in [6.07, 6.45) is 14.9. The number of anilines is 1. The first kappa shape index (κ1) is 108. The number of aromatic carboxylic acids is 1. The molecule has 0 aliphatic rings. The lowest BCUT2D eigenvalue weighted by Gasteiger charge is -2.09. The van der Waals surface area contributed by atoms with E-state index in [1.54, 1.807) is 114 Å². The van der Waals surface area contributed by atoms with Crippen LogP contribution in [0.4, 0.5) is 5.82 Å². The van der Waals surface area contributed by atoms with Gasteiger partial charge in [-0.1, -0.05) is 60.7 Å². The Morgan fingerprint density at radius 2 is 0.804 bits per heavy atom. The number of Topliss-reactive ketones (excluding diaryl/α,β-unsaturated/α-hetero) is 4. The normalized spacial score (nSPS) is 9.85. The summed E-state index contributed by atoms with van der Waals surface area (Å²) in [7, 11) is 12.5. The van der Waals surface area contributed by atoms with E-state index >= 15 is 0 Å². The fourth-order valence-corrected chi connectivity index (χ4v) is 12.2. The number of fused-ring (bicyclic) bond motifs is 9. The van der Waals surface area contributed by atoms with Crippen molar-refractivity contribution in [1.82, 2.24) is 90.2 Å². The number of carbonyl (C=O) groups excluding carboxylic acids is 4. The van der Waals surface area contributed by atoms with E-state index in [-0.39, 0.29) is 121 Å². The van der Waals surface area contributed by atoms with Gasteiger partial charge in [0.1, 0.15) is 108 Å². The summed E-state index contributed by atoms with van der Waals surface area (Å²) in [4.78, 5) is 161. The number of nitriles is 1. The molecule has 18 aromatic rings. The smallest absolute Gasteiger partial charge is 0.372 e. The molecule has 9 heterocycles. The van der Waals surface area contributed by atoms with Crippen molar-refractivity contribution in [2.75, 3.05) is 62.2 Å². The van der Waals surface area contributed by atoms with Gasteiger partial charge in [0.25, 0.3) is 28.6 Å². The lowest BCUT2D eigenvalue weighted by Crippen LogP contribution is -2.27. The average molecular weight is 1960 g/mol. The van der Waals surface area contributed by atoms with Gasteiger partial charge < -0.3 is 94.4 Å². The van der Waals surface area contributed by atoms with Gasteiger partial charge in [0.05, 0.1) is 88.4 Å². The maximum Gasteiger partial charge on any atom is 0.372 e. The Kier molecular flexibility index (Phi) is 39.5. The van der Waals surface area contributed by atoms with Gasteiger partial charge >= 0.3 is 23.4 Å². The number of nitrogens with zero attached hydrogens (tertiary/aromatic N) is 15. The number of benzene rings is 9. The van der Waals surface area contributed by atoms with E-state index in [0.717, 1.165) is 33.8 Å². The Balaban J connectivity index is 0.000000217. The van der Waals surface area contributed by atoms with Crippen molar-refractivity contribution in [3.63, 3.8) is 0 Å². The van der Waals surface area contributed by atoms with Gasteiger partial charge in [0, 0.05) is 53.1 Å². The van der Waals surface area contributed by atoms with E-state index in [9.17, 15) is 73.9 Å². The topological polar surface area (TPSA) is 679 Å². The highest BCUT2D eigenvalue weighted by atomic mass is 32.1. The lowest BCUT2D eigenvalue weighted by molar-refractivity contribution is -0.580. The van der Waals surface area contributed by atoms with Crippen LogP contribution in [0, 0.1) is 53.1 Å². The molecule has 0 aliphatic carbocycles. The van der Waals surface area contributed by atoms with Crippen LogP contribution < -0.4 is 71.0 Å². The molecule has 0 radical (unpaired) electrons. The van der Waals surface area contributed by atoms with Crippen LogP contribution in [0.2, 0.25) is 0 Å². The number of nitrogens with one attached hydrogen (secondary N) is 6. The zero-order chi connectivity index (χ0) is 105. The van der Waals surface area contributed by atoms with Crippen LogP contribution in [-0.4, -0.2) is 210 Å². The SMILES string of the molecule is C#CC#CC#C.CC(=O)c1nc2c(O)cccc2c(=O)[nH]1.CC(=O)c1nc2c(O)cccc2c(=O)[nH]1.CC(=O)c1ncc2cccc(O)c2n1.CNNc1nc(C(C)=O)nc2c(O)cccc12.COc1cccc2c(=O)[nH]cnc12.COc1nc(C#N)nc2c(OC)cccc12.COc1nc[n+]([O-])c2c(OC)cccc12.COc1ncnc2c(OC)cccc12.O=C(O)c1nc2c(O)cccc2c(=O)[nH]1.O=S=O.[HH]. The number of carboxylic acids is 1. The number of ether oxygens (including phenoxy) is 7. The predicted octanol–water partition coefficient (Wildman–Crippen LogP) is 9.43. The van der Waals surface area contributed by atoms with Gasteiger partial charge in [-0.05, 0) is 132 Å². The van der Waals surface area contributed by atoms with Crippen LogP contribution in [-0.2, 0) is 11.6 Å². The van der Waals surface area contributed by atoms with Crippen LogP contribution in [0.5, 0.6) is 69.4 Å². The van der Waals surface area contributed by atoms with Gasteiger partial charge in [0.2, 0.25) is 23.4 Å². The number of aromatic nitrogens is 18. The number of phenolic OH excluding ortho intramolecular Hbond substituents is 5. The van der Waals surface area contributed by atoms with Crippen molar-refractivity contribution in [2.45, 2.75) is 27.7 Å². The van der Waals surface area contributed by atoms with Crippen LogP contribution >= 0.6 is 0 Å². The minimum absolute atomic E-state index is 0. The number of phenols is 5. The van der Waals surface area contributed by atoms with E-state index in [0.29, 0.717) is 89.2 Å². The maximum absolute atomic E-state index is 11.5. The molecule has 0 fully saturated rings. The summed E-state index contributed by atoms with van der Waals surface area (Å²) in [6, 6.07) is 46.7. The largest absolute Gasteiger partial charge is 0.710 e. The monoisotopic (exact) mass is 1960 g/mol. The molecular weight excluding hydrogens is 1880 g/mol. The first-order valence-electron chi connectivity index (χ1n) is 40.5. The Morgan fingerprint density at radius 1 is 0.420 bits per heavy atom. The fourth-order valence-electron chi connectivity index (χ4n) is 12.2. The highest BCUT2D eigenvalue weighted by Gasteiger charge is 2.20. The summed E-state index contributed by atoms with van der Waals surface area (Å²) >= 11 is -0.750. The van der Waals surface area contributed by atoms with Gasteiger partial charge in [-0.2, -0.15) is 18.7 Å². The molecule has 728 valence electrons. The number of aromatic hydroxyl groups is 5. The van der Waals surface area contributed by atoms with Crippen molar-refractivity contribution >= 4 is 145 Å². The van der Waals surface area contributed by atoms with Crippen LogP contribution in [0.1, 0.15) is 88.0 Å². The van der Waals surface area contributed by atoms with Gasteiger partial charge in [-0.3, -0.25) is 38.4 Å². The van der Waals surface area contributed by atoms with Crippen molar-refractivity contribution in [1.29, 1.82) is 5.26 Å². The third-order valence-electron chi connectivity index (χ3n) is 18.6. The van der Waals surface area contributed by atoms with Gasteiger partial charge in [0.15, 0.2) is 63.5 Å². The maximum atomic E-state index is 11.5. The minimum Gasteiger partial charge on any atom is -0.710 e. The predicted molar refractivity (Wildman–Crippen MR) is 523 cm³/mol. The van der Waals surface area contributed by atoms with Crippen LogP contribution in [0.15, 0.2) is 208 Å². The van der Waals surface area contributed by atoms with E-state index < -0.39 is 40.0 Å². The summed E-state index contributed by atoms with van der Waals surface area (Å²) in [5.41, 5.74) is 7.33. The van der Waals surface area contributed by atoms with Crippen LogP contribution in [0.25, 0.3) is 98.1 Å². The Morgan fingerprint density at radius 3 is 1.24 bits per heavy atom. The van der Waals surface area contributed by atoms with Crippen molar-refractivity contribution in [3.05, 3.63) is 271 Å². The number of para-hydroxylation sites is 9. The first-order chi connectivity index (χ1) is 68.7. The molecule has 143 heavy (non-hydrogen) atoms. The average Bonchev–Trinajstić information content (AvgIpc) is 0.719. The molecule has 0 atom stereocenters. The molecule has 0 spiro atoms. The summed E-state index contributed by atoms with van der Waals surface area (Å²) < 4.78 is 53.1. The molecule has 9 aromatic carbocycles. The number of hydrogen-bond acceptors (Lipinski definition) is 40. The Bertz CT molecular complexity index is 8010.